The lowest BCUT2D eigenvalue weighted by Gasteiger charge is -2.35. The van der Waals surface area contributed by atoms with Gasteiger partial charge in [0.2, 0.25) is 5.01 Å². The van der Waals surface area contributed by atoms with Crippen molar-refractivity contribution in [2.75, 3.05) is 31.1 Å². The number of carboxylic acid groups (broad SMARTS) is 1. The first-order chi connectivity index (χ1) is 9.76. The molecule has 7 nitrogen and oxygen atoms in total. The van der Waals surface area contributed by atoms with Gasteiger partial charge in [0.15, 0.2) is 0 Å². The Labute approximate surface area is 127 Å². The van der Waals surface area contributed by atoms with E-state index >= 15 is 0 Å². The zero-order valence-electron chi connectivity index (χ0n) is 12.3. The largest absolute Gasteiger partial charge is 0.476 e. The molecule has 1 N–H and O–H groups in total. The molecule has 0 spiro atoms. The lowest BCUT2D eigenvalue weighted by molar-refractivity contribution is 0.0240. The molecular formula is C13H19N3O4S. The Balaban J connectivity index is 1.90. The summed E-state index contributed by atoms with van der Waals surface area (Å²) in [6, 6.07) is 0. The third kappa shape index (κ3) is 4.07. The topological polar surface area (TPSA) is 83.0 Å². The van der Waals surface area contributed by atoms with Crippen LogP contribution in [0.4, 0.5) is 10.6 Å². The van der Waals surface area contributed by atoms with Gasteiger partial charge in [-0.3, -0.25) is 0 Å². The Morgan fingerprint density at radius 1 is 1.29 bits per heavy atom. The summed E-state index contributed by atoms with van der Waals surface area (Å²) < 4.78 is 5.33. The molecule has 0 atom stereocenters. The third-order valence-electron chi connectivity index (χ3n) is 2.93. The van der Waals surface area contributed by atoms with Crippen LogP contribution in [-0.4, -0.2) is 58.8 Å². The summed E-state index contributed by atoms with van der Waals surface area (Å²) in [5.74, 6) is -0.361. The molecule has 0 saturated carbocycles. The lowest BCUT2D eigenvalue weighted by Crippen LogP contribution is -2.50. The van der Waals surface area contributed by atoms with Crippen molar-refractivity contribution in [2.45, 2.75) is 26.4 Å². The number of aromatic carboxylic acids is 1. The van der Waals surface area contributed by atoms with E-state index < -0.39 is 11.6 Å². The van der Waals surface area contributed by atoms with Crippen molar-refractivity contribution in [1.82, 2.24) is 9.88 Å². The minimum Gasteiger partial charge on any atom is -0.476 e. The number of rotatable bonds is 2. The predicted octanol–water partition coefficient (Wildman–Crippen LogP) is 1.90. The first-order valence-corrected chi connectivity index (χ1v) is 7.56. The van der Waals surface area contributed by atoms with Gasteiger partial charge >= 0.3 is 12.1 Å². The standard InChI is InChI=1S/C13H19N3O4S/c1-13(2,3)20-12(19)16-6-4-15(5-7-16)9-8-21-10(14-9)11(17)18/h8H,4-7H2,1-3H3,(H,17,18). The van der Waals surface area contributed by atoms with E-state index in [-0.39, 0.29) is 11.1 Å². The molecule has 0 aliphatic carbocycles. The Morgan fingerprint density at radius 2 is 1.90 bits per heavy atom. The van der Waals surface area contributed by atoms with E-state index in [2.05, 4.69) is 4.98 Å². The number of anilines is 1. The Bertz CT molecular complexity index is 530. The molecule has 0 radical (unpaired) electrons. The van der Waals surface area contributed by atoms with Crippen LogP contribution >= 0.6 is 11.3 Å². The lowest BCUT2D eigenvalue weighted by atomic mass is 10.2. The summed E-state index contributed by atoms with van der Waals surface area (Å²) in [5, 5.41) is 10.7. The molecule has 8 heteroatoms. The third-order valence-corrected chi connectivity index (χ3v) is 3.75. The molecule has 2 rings (SSSR count). The van der Waals surface area contributed by atoms with Gasteiger partial charge in [-0.05, 0) is 20.8 Å². The number of aromatic nitrogens is 1. The number of carboxylic acids is 1. The van der Waals surface area contributed by atoms with Crippen molar-refractivity contribution >= 4 is 29.2 Å². The maximum absolute atomic E-state index is 11.9. The summed E-state index contributed by atoms with van der Waals surface area (Å²) in [6.07, 6.45) is -0.313. The summed E-state index contributed by atoms with van der Waals surface area (Å²) in [7, 11) is 0. The zero-order chi connectivity index (χ0) is 15.6. The Morgan fingerprint density at radius 3 is 2.38 bits per heavy atom. The number of ether oxygens (including phenoxy) is 1. The quantitative estimate of drug-likeness (QED) is 0.898. The predicted molar refractivity (Wildman–Crippen MR) is 79.1 cm³/mol. The molecule has 1 amide bonds. The first-order valence-electron chi connectivity index (χ1n) is 6.68. The van der Waals surface area contributed by atoms with E-state index in [0.717, 1.165) is 11.3 Å². The molecule has 0 bridgehead atoms. The fourth-order valence-electron chi connectivity index (χ4n) is 1.95. The van der Waals surface area contributed by atoms with Crippen molar-refractivity contribution < 1.29 is 19.4 Å². The number of thiazole rings is 1. The average Bonchev–Trinajstić information content (AvgIpc) is 2.86. The normalized spacial score (nSPS) is 16.0. The Kier molecular flexibility index (Phi) is 4.36. The summed E-state index contributed by atoms with van der Waals surface area (Å²) >= 11 is 1.11. The number of amides is 1. The SMILES string of the molecule is CC(C)(C)OC(=O)N1CCN(c2csc(C(=O)O)n2)CC1. The van der Waals surface area contributed by atoms with Crippen molar-refractivity contribution in [3.05, 3.63) is 10.4 Å². The number of carbonyl (C=O) groups is 2. The highest BCUT2D eigenvalue weighted by Crippen LogP contribution is 2.20. The molecular weight excluding hydrogens is 294 g/mol. The molecule has 1 fully saturated rings. The van der Waals surface area contributed by atoms with Gasteiger partial charge in [-0.2, -0.15) is 0 Å². The van der Waals surface area contributed by atoms with Crippen LogP contribution in [0.25, 0.3) is 0 Å². The Hall–Kier alpha value is -1.83. The molecule has 1 aliphatic rings. The molecule has 1 saturated heterocycles. The fraction of sp³-hybridized carbons (Fsp3) is 0.615. The highest BCUT2D eigenvalue weighted by atomic mass is 32.1. The zero-order valence-corrected chi connectivity index (χ0v) is 13.1. The maximum atomic E-state index is 11.9. The van der Waals surface area contributed by atoms with E-state index in [1.165, 1.54) is 0 Å². The molecule has 21 heavy (non-hydrogen) atoms. The van der Waals surface area contributed by atoms with Crippen LogP contribution in [-0.2, 0) is 4.74 Å². The molecule has 1 aromatic heterocycles. The first kappa shape index (κ1) is 15.6. The van der Waals surface area contributed by atoms with Crippen molar-refractivity contribution in [3.63, 3.8) is 0 Å². The number of carbonyl (C=O) groups excluding carboxylic acids is 1. The summed E-state index contributed by atoms with van der Waals surface area (Å²) in [5.41, 5.74) is -0.500. The van der Waals surface area contributed by atoms with E-state index in [9.17, 15) is 9.59 Å². The average molecular weight is 313 g/mol. The second kappa shape index (κ2) is 5.88. The highest BCUT2D eigenvalue weighted by molar-refractivity contribution is 7.11. The second-order valence-corrected chi connectivity index (χ2v) is 6.63. The van der Waals surface area contributed by atoms with Gasteiger partial charge in [-0.1, -0.05) is 0 Å². The molecule has 0 unspecified atom stereocenters. The van der Waals surface area contributed by atoms with Crippen LogP contribution in [0.15, 0.2) is 5.38 Å². The molecule has 2 heterocycles. The van der Waals surface area contributed by atoms with Gasteiger partial charge in [0, 0.05) is 31.6 Å². The van der Waals surface area contributed by atoms with E-state index in [4.69, 9.17) is 9.84 Å². The summed E-state index contributed by atoms with van der Waals surface area (Å²) in [6.45, 7) is 7.81. The minimum atomic E-state index is -1.02. The van der Waals surface area contributed by atoms with Crippen molar-refractivity contribution in [1.29, 1.82) is 0 Å². The molecule has 1 aromatic rings. The van der Waals surface area contributed by atoms with Crippen molar-refractivity contribution in [3.8, 4) is 0 Å². The molecule has 1 aliphatic heterocycles. The second-order valence-electron chi connectivity index (χ2n) is 5.77. The van der Waals surface area contributed by atoms with Gasteiger partial charge in [0.25, 0.3) is 0 Å². The number of piperazine rings is 1. The van der Waals surface area contributed by atoms with Gasteiger partial charge in [0.05, 0.1) is 0 Å². The van der Waals surface area contributed by atoms with Gasteiger partial charge in [-0.25, -0.2) is 14.6 Å². The van der Waals surface area contributed by atoms with Gasteiger partial charge in [0.1, 0.15) is 11.4 Å². The molecule has 116 valence electrons. The van der Waals surface area contributed by atoms with Gasteiger partial charge < -0.3 is 19.6 Å². The highest BCUT2D eigenvalue weighted by Gasteiger charge is 2.26. The van der Waals surface area contributed by atoms with Crippen LogP contribution in [0.3, 0.4) is 0 Å². The molecule has 0 aromatic carbocycles. The van der Waals surface area contributed by atoms with E-state index in [1.807, 2.05) is 25.7 Å². The smallest absolute Gasteiger partial charge is 0.410 e. The van der Waals surface area contributed by atoms with Crippen LogP contribution in [0.1, 0.15) is 30.6 Å². The van der Waals surface area contributed by atoms with Crippen LogP contribution in [0, 0.1) is 0 Å². The van der Waals surface area contributed by atoms with E-state index in [1.54, 1.807) is 10.3 Å². The van der Waals surface area contributed by atoms with E-state index in [0.29, 0.717) is 32.0 Å². The van der Waals surface area contributed by atoms with Gasteiger partial charge in [-0.15, -0.1) is 11.3 Å². The minimum absolute atomic E-state index is 0.0829. The number of hydrogen-bond acceptors (Lipinski definition) is 6. The van der Waals surface area contributed by atoms with Crippen LogP contribution < -0.4 is 4.90 Å². The summed E-state index contributed by atoms with van der Waals surface area (Å²) in [4.78, 5) is 30.5. The van der Waals surface area contributed by atoms with Crippen molar-refractivity contribution in [2.24, 2.45) is 0 Å². The van der Waals surface area contributed by atoms with Crippen LogP contribution in [0.5, 0.6) is 0 Å². The van der Waals surface area contributed by atoms with Crippen LogP contribution in [0.2, 0.25) is 0 Å². The fourth-order valence-corrected chi connectivity index (χ4v) is 2.62. The number of nitrogens with zero attached hydrogens (tertiary/aromatic N) is 3. The monoisotopic (exact) mass is 313 g/mol. The number of hydrogen-bond donors (Lipinski definition) is 1. The maximum Gasteiger partial charge on any atom is 0.410 e.